The number of hydrogen-bond donors (Lipinski definition) is 0. The Balaban J connectivity index is 1.19. The fourth-order valence-corrected chi connectivity index (χ4v) is 7.09. The van der Waals surface area contributed by atoms with Gasteiger partial charge in [0.25, 0.3) is 5.89 Å². The average molecular weight is 561 g/mol. The maximum Gasteiger partial charge on any atom is 0.325 e. The van der Waals surface area contributed by atoms with E-state index in [9.17, 15) is 22.2 Å². The lowest BCUT2D eigenvalue weighted by atomic mass is 10.1. The number of alkyl halides is 2. The van der Waals surface area contributed by atoms with Crippen LogP contribution in [0.1, 0.15) is 37.3 Å². The molecule has 0 aliphatic carbocycles. The Morgan fingerprint density at radius 1 is 1.08 bits per heavy atom. The summed E-state index contributed by atoms with van der Waals surface area (Å²) in [5.74, 6) is 0.0756. The number of amides is 2. The van der Waals surface area contributed by atoms with E-state index < -0.39 is 28.9 Å². The highest BCUT2D eigenvalue weighted by Gasteiger charge is 2.48. The van der Waals surface area contributed by atoms with Crippen LogP contribution in [0.25, 0.3) is 11.5 Å². The van der Waals surface area contributed by atoms with E-state index in [4.69, 9.17) is 4.42 Å². The Morgan fingerprint density at radius 2 is 1.87 bits per heavy atom. The number of aromatic nitrogens is 3. The van der Waals surface area contributed by atoms with Gasteiger partial charge in [-0.25, -0.2) is 9.18 Å². The van der Waals surface area contributed by atoms with Crippen LogP contribution in [0.4, 0.5) is 23.7 Å². The fourth-order valence-electron chi connectivity index (χ4n) is 5.82. The van der Waals surface area contributed by atoms with E-state index in [2.05, 4.69) is 20.1 Å². The van der Waals surface area contributed by atoms with E-state index >= 15 is 0 Å². The van der Waals surface area contributed by atoms with Crippen molar-refractivity contribution in [3.63, 3.8) is 0 Å². The summed E-state index contributed by atoms with van der Waals surface area (Å²) in [6, 6.07) is 9.70. The number of fused-ring (bicyclic) bond motifs is 2. The molecule has 0 radical (unpaired) electrons. The quantitative estimate of drug-likeness (QED) is 0.450. The molecule has 2 aromatic heterocycles. The predicted octanol–water partition coefficient (Wildman–Crippen LogP) is 4.00. The molecule has 0 saturated carbocycles. The molecule has 2 bridgehead atoms. The second-order valence-electron chi connectivity index (χ2n) is 10.1. The lowest BCUT2D eigenvalue weighted by Crippen LogP contribution is -2.55. The number of carbonyl (C=O) groups is 1. The van der Waals surface area contributed by atoms with E-state index in [0.29, 0.717) is 23.8 Å². The highest BCUT2D eigenvalue weighted by Crippen LogP contribution is 2.36. The SMILES string of the molecule is O=C(N(Cc1ccc(-c2nnc(C(F)F)o2)cn1)c1ccccc1F)N1CC2CC1CN2C1CCS(=O)CC1. The largest absolute Gasteiger partial charge is 0.415 e. The highest BCUT2D eigenvalue weighted by atomic mass is 32.2. The van der Waals surface area contributed by atoms with Crippen LogP contribution in [-0.2, 0) is 17.3 Å². The Hall–Kier alpha value is -3.32. The molecular weight excluding hydrogens is 533 g/mol. The minimum atomic E-state index is -2.88. The molecule has 2 atom stereocenters. The van der Waals surface area contributed by atoms with Gasteiger partial charge in [-0.3, -0.25) is 19.0 Å². The number of rotatable bonds is 6. The van der Waals surface area contributed by atoms with Crippen LogP contribution in [0.3, 0.4) is 0 Å². The second-order valence-corrected chi connectivity index (χ2v) is 11.8. The minimum Gasteiger partial charge on any atom is -0.415 e. The lowest BCUT2D eigenvalue weighted by molar-refractivity contribution is 0.101. The van der Waals surface area contributed by atoms with Crippen molar-refractivity contribution in [2.45, 2.75) is 50.4 Å². The Morgan fingerprint density at radius 3 is 2.51 bits per heavy atom. The predicted molar refractivity (Wildman–Crippen MR) is 137 cm³/mol. The summed E-state index contributed by atoms with van der Waals surface area (Å²) in [6.45, 7) is 1.33. The first-order valence-electron chi connectivity index (χ1n) is 12.9. The molecule has 3 aromatic rings. The fraction of sp³-hybridized carbons (Fsp3) is 0.462. The van der Waals surface area contributed by atoms with Gasteiger partial charge in [-0.05, 0) is 43.5 Å². The molecule has 3 fully saturated rings. The van der Waals surface area contributed by atoms with Gasteiger partial charge in [0.2, 0.25) is 5.89 Å². The summed E-state index contributed by atoms with van der Waals surface area (Å²) in [5.41, 5.74) is 0.983. The third kappa shape index (κ3) is 5.17. The van der Waals surface area contributed by atoms with Crippen LogP contribution < -0.4 is 4.90 Å². The zero-order valence-corrected chi connectivity index (χ0v) is 21.8. The maximum absolute atomic E-state index is 14.9. The van der Waals surface area contributed by atoms with Crippen LogP contribution in [0.5, 0.6) is 0 Å². The van der Waals surface area contributed by atoms with Gasteiger partial charge in [-0.1, -0.05) is 12.1 Å². The maximum atomic E-state index is 14.9. The van der Waals surface area contributed by atoms with Crippen molar-refractivity contribution >= 4 is 22.5 Å². The number of hydrogen-bond acceptors (Lipinski definition) is 7. The van der Waals surface area contributed by atoms with Crippen LogP contribution in [0.15, 0.2) is 47.0 Å². The Kier molecular flexibility index (Phi) is 7.10. The second kappa shape index (κ2) is 10.7. The summed E-state index contributed by atoms with van der Waals surface area (Å²) in [4.78, 5) is 23.9. The van der Waals surface area contributed by atoms with Crippen molar-refractivity contribution in [2.24, 2.45) is 0 Å². The Labute approximate surface area is 225 Å². The lowest BCUT2D eigenvalue weighted by Gasteiger charge is -2.41. The zero-order valence-electron chi connectivity index (χ0n) is 21.0. The molecule has 5 heterocycles. The molecule has 13 heteroatoms. The highest BCUT2D eigenvalue weighted by molar-refractivity contribution is 7.85. The van der Waals surface area contributed by atoms with Gasteiger partial charge in [0, 0.05) is 59.7 Å². The molecule has 0 spiro atoms. The summed E-state index contributed by atoms with van der Waals surface area (Å²) in [7, 11) is -0.721. The van der Waals surface area contributed by atoms with Gasteiger partial charge in [-0.15, -0.1) is 10.2 Å². The van der Waals surface area contributed by atoms with E-state index in [-0.39, 0.29) is 36.2 Å². The van der Waals surface area contributed by atoms with Gasteiger partial charge in [0.05, 0.1) is 23.5 Å². The normalized spacial score (nSPS) is 25.0. The van der Waals surface area contributed by atoms with Crippen LogP contribution in [0.2, 0.25) is 0 Å². The molecule has 2 unspecified atom stereocenters. The number of likely N-dealkylation sites (tertiary alicyclic amines) is 2. The molecule has 1 aromatic carbocycles. The Bertz CT molecular complexity index is 1360. The topological polar surface area (TPSA) is 95.7 Å². The van der Waals surface area contributed by atoms with Crippen molar-refractivity contribution in [1.82, 2.24) is 25.0 Å². The first kappa shape index (κ1) is 25.9. The molecule has 3 aliphatic heterocycles. The van der Waals surface area contributed by atoms with Crippen LogP contribution in [-0.4, -0.2) is 77.9 Å². The van der Waals surface area contributed by atoms with Crippen molar-refractivity contribution in [3.8, 4) is 11.5 Å². The van der Waals surface area contributed by atoms with Crippen LogP contribution in [0, 0.1) is 5.82 Å². The number of nitrogens with zero attached hydrogens (tertiary/aromatic N) is 6. The molecule has 39 heavy (non-hydrogen) atoms. The van der Waals surface area contributed by atoms with Gasteiger partial charge in [0.15, 0.2) is 0 Å². The number of urea groups is 1. The third-order valence-corrected chi connectivity index (χ3v) is 9.13. The number of halogens is 3. The van der Waals surface area contributed by atoms with Gasteiger partial charge >= 0.3 is 12.5 Å². The number of piperazine rings is 1. The molecule has 0 N–H and O–H groups in total. The smallest absolute Gasteiger partial charge is 0.325 e. The van der Waals surface area contributed by atoms with E-state index in [0.717, 1.165) is 37.3 Å². The first-order chi connectivity index (χ1) is 18.9. The number of anilines is 1. The standard InChI is InChI=1S/C26H27F3N6O3S/c27-21-3-1-2-4-22(21)35(13-17-6-5-16(12-30-17)24-31-32-25(38-24)23(28)29)26(36)34-15-19-11-20(34)14-33(19)18-7-9-39(37)10-8-18/h1-6,12,18-20,23H,7-11,13-15H2. The molecule has 2 amide bonds. The molecular formula is C26H27F3N6O3S. The number of carbonyl (C=O) groups excluding carboxylic acids is 1. The van der Waals surface area contributed by atoms with Gasteiger partial charge in [0.1, 0.15) is 5.82 Å². The monoisotopic (exact) mass is 560 g/mol. The van der Waals surface area contributed by atoms with Crippen molar-refractivity contribution in [1.29, 1.82) is 0 Å². The van der Waals surface area contributed by atoms with Crippen molar-refractivity contribution < 1.29 is 26.6 Å². The van der Waals surface area contributed by atoms with Crippen molar-refractivity contribution in [2.75, 3.05) is 29.5 Å². The molecule has 9 nitrogen and oxygen atoms in total. The minimum absolute atomic E-state index is 0.0121. The van der Waals surface area contributed by atoms with E-state index in [1.165, 1.54) is 17.2 Å². The third-order valence-electron chi connectivity index (χ3n) is 7.75. The number of benzene rings is 1. The molecule has 3 saturated heterocycles. The number of pyridine rings is 1. The van der Waals surface area contributed by atoms with E-state index in [1.54, 1.807) is 30.3 Å². The number of para-hydroxylation sites is 1. The average Bonchev–Trinajstić information content (AvgIpc) is 3.69. The first-order valence-corrected chi connectivity index (χ1v) is 14.4. The van der Waals surface area contributed by atoms with Gasteiger partial charge < -0.3 is 9.32 Å². The summed E-state index contributed by atoms with van der Waals surface area (Å²) >= 11 is 0. The zero-order chi connectivity index (χ0) is 27.1. The summed E-state index contributed by atoms with van der Waals surface area (Å²) in [6.07, 6.45) is 1.22. The molecule has 6 rings (SSSR count). The van der Waals surface area contributed by atoms with E-state index in [1.807, 2.05) is 4.90 Å². The summed E-state index contributed by atoms with van der Waals surface area (Å²) in [5, 5.41) is 6.95. The van der Waals surface area contributed by atoms with Gasteiger partial charge in [-0.2, -0.15) is 8.78 Å². The molecule has 206 valence electrons. The molecule has 3 aliphatic rings. The summed E-state index contributed by atoms with van der Waals surface area (Å²) < 4.78 is 57.3. The van der Waals surface area contributed by atoms with Crippen molar-refractivity contribution in [3.05, 3.63) is 60.0 Å². The van der Waals surface area contributed by atoms with Crippen LogP contribution >= 0.6 is 0 Å².